The molecule has 1 aliphatic heterocycles. The van der Waals surface area contributed by atoms with Gasteiger partial charge in [-0.1, -0.05) is 0 Å². The summed E-state index contributed by atoms with van der Waals surface area (Å²) in [5.41, 5.74) is 0. The molecule has 1 saturated heterocycles. The highest BCUT2D eigenvalue weighted by Gasteiger charge is 2.26. The van der Waals surface area contributed by atoms with Crippen molar-refractivity contribution >= 4 is 32.5 Å². The maximum absolute atomic E-state index is 12.4. The van der Waals surface area contributed by atoms with Crippen molar-refractivity contribution in [3.05, 3.63) is 24.3 Å². The van der Waals surface area contributed by atoms with E-state index in [1.807, 2.05) is 0 Å². The Morgan fingerprint density at radius 2 is 1.48 bits per heavy atom. The van der Waals surface area contributed by atoms with Crippen molar-refractivity contribution in [3.8, 4) is 0 Å². The van der Waals surface area contributed by atoms with Gasteiger partial charge in [0.1, 0.15) is 0 Å². The average molecular weight is 356 g/mol. The van der Waals surface area contributed by atoms with Gasteiger partial charge in [0.05, 0.1) is 9.79 Å². The molecule has 1 aromatic carbocycles. The highest BCUT2D eigenvalue weighted by atomic mass is 35.5. The first kappa shape index (κ1) is 18.3. The van der Waals surface area contributed by atoms with Gasteiger partial charge in [-0.25, -0.2) is 21.6 Å². The molecule has 0 unspecified atom stereocenters. The summed E-state index contributed by atoms with van der Waals surface area (Å²) in [4.78, 5) is 0.147. The minimum atomic E-state index is -3.55. The number of hydrogen-bond donors (Lipinski definition) is 2. The lowest BCUT2D eigenvalue weighted by atomic mass is 10.4. The zero-order valence-electron chi connectivity index (χ0n) is 11.4. The molecule has 0 aromatic heterocycles. The molecule has 1 aromatic rings. The highest BCUT2D eigenvalue weighted by molar-refractivity contribution is 7.89. The number of nitrogens with one attached hydrogen (secondary N) is 2. The van der Waals surface area contributed by atoms with E-state index in [2.05, 4.69) is 10.0 Å². The van der Waals surface area contributed by atoms with E-state index in [9.17, 15) is 16.8 Å². The Morgan fingerprint density at radius 3 is 1.95 bits per heavy atom. The summed E-state index contributed by atoms with van der Waals surface area (Å²) in [6.07, 6.45) is 0. The number of benzene rings is 1. The quantitative estimate of drug-likeness (QED) is 0.767. The van der Waals surface area contributed by atoms with E-state index in [1.54, 1.807) is 0 Å². The van der Waals surface area contributed by atoms with E-state index in [0.29, 0.717) is 26.2 Å². The molecule has 2 N–H and O–H groups in total. The molecule has 0 radical (unpaired) electrons. The van der Waals surface area contributed by atoms with E-state index in [-0.39, 0.29) is 22.2 Å². The number of sulfonamides is 2. The van der Waals surface area contributed by atoms with Gasteiger partial charge in [-0.05, 0) is 31.3 Å². The van der Waals surface area contributed by atoms with Crippen LogP contribution in [0.5, 0.6) is 0 Å². The molecule has 10 heteroatoms. The van der Waals surface area contributed by atoms with Gasteiger partial charge in [-0.3, -0.25) is 0 Å². The van der Waals surface area contributed by atoms with Crippen LogP contribution in [0, 0.1) is 0 Å². The standard InChI is InChI=1S/C11H17N3O4S2.ClH/c1-12-19(15,16)10-2-4-11(5-3-10)20(17,18)14-8-6-13-7-9-14;/h2-5,12-13H,6-9H2,1H3;1H. The van der Waals surface area contributed by atoms with Crippen LogP contribution in [-0.4, -0.2) is 54.4 Å². The van der Waals surface area contributed by atoms with Gasteiger partial charge in [0.2, 0.25) is 20.0 Å². The third-order valence-electron chi connectivity index (χ3n) is 3.12. The Bertz CT molecular complexity index is 668. The summed E-state index contributed by atoms with van der Waals surface area (Å²) >= 11 is 0. The van der Waals surface area contributed by atoms with Crippen molar-refractivity contribution in [1.82, 2.24) is 14.3 Å². The fourth-order valence-corrected chi connectivity index (χ4v) is 4.11. The normalized spacial score (nSPS) is 17.2. The van der Waals surface area contributed by atoms with E-state index < -0.39 is 20.0 Å². The Hall–Kier alpha value is -0.710. The van der Waals surface area contributed by atoms with E-state index in [4.69, 9.17) is 0 Å². The predicted molar refractivity (Wildman–Crippen MR) is 81.6 cm³/mol. The smallest absolute Gasteiger partial charge is 0.243 e. The van der Waals surface area contributed by atoms with E-state index in [1.165, 1.54) is 35.6 Å². The van der Waals surface area contributed by atoms with Gasteiger partial charge in [-0.2, -0.15) is 4.31 Å². The van der Waals surface area contributed by atoms with Crippen molar-refractivity contribution in [2.75, 3.05) is 33.2 Å². The highest BCUT2D eigenvalue weighted by Crippen LogP contribution is 2.18. The SMILES string of the molecule is CNS(=O)(=O)c1ccc(S(=O)(=O)N2CCNCC2)cc1.Cl. The monoisotopic (exact) mass is 355 g/mol. The van der Waals surface area contributed by atoms with Gasteiger partial charge >= 0.3 is 0 Å². The molecule has 1 fully saturated rings. The Morgan fingerprint density at radius 1 is 1.00 bits per heavy atom. The second-order valence-corrected chi connectivity index (χ2v) is 8.16. The van der Waals surface area contributed by atoms with Crippen molar-refractivity contribution < 1.29 is 16.8 Å². The maximum atomic E-state index is 12.4. The molecule has 0 amide bonds. The van der Waals surface area contributed by atoms with Crippen LogP contribution in [0.3, 0.4) is 0 Å². The summed E-state index contributed by atoms with van der Waals surface area (Å²) in [5, 5.41) is 3.08. The first-order chi connectivity index (χ1) is 9.38. The minimum absolute atomic E-state index is 0. The molecule has 1 heterocycles. The van der Waals surface area contributed by atoms with Gasteiger partial charge in [-0.15, -0.1) is 12.4 Å². The summed E-state index contributed by atoms with van der Waals surface area (Å²) in [6.45, 7) is 2.06. The zero-order valence-corrected chi connectivity index (χ0v) is 13.9. The topological polar surface area (TPSA) is 95.6 Å². The number of hydrogen-bond acceptors (Lipinski definition) is 5. The fourth-order valence-electron chi connectivity index (χ4n) is 1.94. The molecule has 2 rings (SSSR count). The molecule has 7 nitrogen and oxygen atoms in total. The van der Waals surface area contributed by atoms with Crippen LogP contribution in [0.4, 0.5) is 0 Å². The summed E-state index contributed by atoms with van der Waals surface area (Å²) < 4.78 is 51.4. The third kappa shape index (κ3) is 3.93. The molecule has 120 valence electrons. The van der Waals surface area contributed by atoms with Crippen LogP contribution in [0.25, 0.3) is 0 Å². The predicted octanol–water partition coefficient (Wildman–Crippen LogP) is -0.390. The largest absolute Gasteiger partial charge is 0.314 e. The minimum Gasteiger partial charge on any atom is -0.314 e. The molecular weight excluding hydrogens is 338 g/mol. The van der Waals surface area contributed by atoms with Gasteiger partial charge in [0.15, 0.2) is 0 Å². The summed E-state index contributed by atoms with van der Waals surface area (Å²) in [6, 6.07) is 5.23. The van der Waals surface area contributed by atoms with Crippen molar-refractivity contribution in [1.29, 1.82) is 0 Å². The lowest BCUT2D eigenvalue weighted by molar-refractivity contribution is 0.360. The number of nitrogens with zero attached hydrogens (tertiary/aromatic N) is 1. The summed E-state index contributed by atoms with van der Waals surface area (Å²) in [7, 11) is -5.80. The Balaban J connectivity index is 0.00000220. The van der Waals surface area contributed by atoms with Crippen LogP contribution in [0.15, 0.2) is 34.1 Å². The Labute approximate surface area is 131 Å². The maximum Gasteiger partial charge on any atom is 0.243 e. The van der Waals surface area contributed by atoms with Crippen LogP contribution >= 0.6 is 12.4 Å². The van der Waals surface area contributed by atoms with E-state index >= 15 is 0 Å². The fraction of sp³-hybridized carbons (Fsp3) is 0.455. The second-order valence-electron chi connectivity index (χ2n) is 4.33. The molecule has 0 saturated carbocycles. The molecule has 0 spiro atoms. The van der Waals surface area contributed by atoms with Crippen molar-refractivity contribution in [3.63, 3.8) is 0 Å². The van der Waals surface area contributed by atoms with Crippen LogP contribution in [0.1, 0.15) is 0 Å². The number of rotatable bonds is 4. The molecule has 0 atom stereocenters. The van der Waals surface area contributed by atoms with Crippen LogP contribution < -0.4 is 10.0 Å². The zero-order chi connectivity index (χ0) is 14.8. The molecule has 21 heavy (non-hydrogen) atoms. The number of piperazine rings is 1. The molecular formula is C11H18ClN3O4S2. The van der Waals surface area contributed by atoms with Gasteiger partial charge in [0, 0.05) is 26.2 Å². The molecule has 0 bridgehead atoms. The Kier molecular flexibility index (Phi) is 6.14. The van der Waals surface area contributed by atoms with Crippen molar-refractivity contribution in [2.24, 2.45) is 0 Å². The first-order valence-electron chi connectivity index (χ1n) is 6.12. The molecule has 1 aliphatic rings. The molecule has 0 aliphatic carbocycles. The lowest BCUT2D eigenvalue weighted by Gasteiger charge is -2.26. The van der Waals surface area contributed by atoms with Gasteiger partial charge in [0.25, 0.3) is 0 Å². The van der Waals surface area contributed by atoms with Crippen molar-refractivity contribution in [2.45, 2.75) is 9.79 Å². The van der Waals surface area contributed by atoms with Crippen LogP contribution in [0.2, 0.25) is 0 Å². The summed E-state index contributed by atoms with van der Waals surface area (Å²) in [5.74, 6) is 0. The first-order valence-corrected chi connectivity index (χ1v) is 9.05. The van der Waals surface area contributed by atoms with Crippen LogP contribution in [-0.2, 0) is 20.0 Å². The lowest BCUT2D eigenvalue weighted by Crippen LogP contribution is -2.46. The van der Waals surface area contributed by atoms with E-state index in [0.717, 1.165) is 0 Å². The van der Waals surface area contributed by atoms with Gasteiger partial charge < -0.3 is 5.32 Å². The third-order valence-corrected chi connectivity index (χ3v) is 6.46. The number of halogens is 1. The second kappa shape index (κ2) is 7.03. The average Bonchev–Trinajstić information content (AvgIpc) is 2.48.